The van der Waals surface area contributed by atoms with Gasteiger partial charge in [-0.3, -0.25) is 14.9 Å². The molecule has 24 heavy (non-hydrogen) atoms. The molecule has 0 radical (unpaired) electrons. The number of carbonyl (C=O) groups is 2. The molecule has 0 saturated carbocycles. The molecule has 1 aromatic carbocycles. The van der Waals surface area contributed by atoms with E-state index in [0.717, 1.165) is 16.5 Å². The van der Waals surface area contributed by atoms with E-state index >= 15 is 0 Å². The predicted molar refractivity (Wildman–Crippen MR) is 93.4 cm³/mol. The normalized spacial score (nSPS) is 10.8. The third kappa shape index (κ3) is 3.62. The lowest BCUT2D eigenvalue weighted by atomic mass is 10.2. The highest BCUT2D eigenvalue weighted by Crippen LogP contribution is 2.20. The molecular formula is C17H17N3O3S. The molecule has 0 unspecified atom stereocenters. The molecule has 0 saturated heterocycles. The highest BCUT2D eigenvalue weighted by atomic mass is 32.1. The van der Waals surface area contributed by atoms with Crippen LogP contribution in [0.15, 0.2) is 29.6 Å². The minimum Gasteiger partial charge on any atom is -0.466 e. The molecule has 0 atom stereocenters. The van der Waals surface area contributed by atoms with Crippen molar-refractivity contribution in [3.8, 4) is 0 Å². The summed E-state index contributed by atoms with van der Waals surface area (Å²) in [5.41, 5.74) is 3.10. The second kappa shape index (κ2) is 6.84. The quantitative estimate of drug-likeness (QED) is 0.696. The number of nitrogens with one attached hydrogen (secondary N) is 2. The summed E-state index contributed by atoms with van der Waals surface area (Å²) in [7, 11) is 0. The van der Waals surface area contributed by atoms with E-state index < -0.39 is 0 Å². The van der Waals surface area contributed by atoms with Gasteiger partial charge in [0.05, 0.1) is 18.7 Å². The predicted octanol–water partition coefficient (Wildman–Crippen LogP) is 3.29. The van der Waals surface area contributed by atoms with Gasteiger partial charge >= 0.3 is 5.97 Å². The Balaban J connectivity index is 1.69. The van der Waals surface area contributed by atoms with E-state index in [1.54, 1.807) is 18.4 Å². The maximum Gasteiger partial charge on any atom is 0.311 e. The van der Waals surface area contributed by atoms with Crippen LogP contribution in [0.4, 0.5) is 5.13 Å². The molecule has 0 fully saturated rings. The van der Waals surface area contributed by atoms with Crippen molar-refractivity contribution < 1.29 is 14.3 Å². The fourth-order valence-corrected chi connectivity index (χ4v) is 3.04. The summed E-state index contributed by atoms with van der Waals surface area (Å²) in [6, 6.07) is 7.77. The van der Waals surface area contributed by atoms with Crippen molar-refractivity contribution in [3.63, 3.8) is 0 Å². The number of carbonyl (C=O) groups excluding carboxylic acids is 2. The van der Waals surface area contributed by atoms with Gasteiger partial charge in [-0.2, -0.15) is 0 Å². The number of fused-ring (bicyclic) bond motifs is 1. The van der Waals surface area contributed by atoms with E-state index in [1.165, 1.54) is 11.3 Å². The van der Waals surface area contributed by atoms with E-state index in [9.17, 15) is 9.59 Å². The van der Waals surface area contributed by atoms with Gasteiger partial charge in [-0.15, -0.1) is 11.3 Å². The van der Waals surface area contributed by atoms with E-state index in [1.807, 2.05) is 25.1 Å². The number of esters is 1. The molecule has 1 amide bonds. The molecule has 2 N–H and O–H groups in total. The second-order valence-corrected chi connectivity index (χ2v) is 6.21. The Labute approximate surface area is 142 Å². The lowest BCUT2D eigenvalue weighted by Crippen LogP contribution is -2.12. The van der Waals surface area contributed by atoms with Crippen molar-refractivity contribution in [2.24, 2.45) is 0 Å². The molecule has 3 aromatic rings. The van der Waals surface area contributed by atoms with Crippen LogP contribution in [0.1, 0.15) is 28.7 Å². The maximum atomic E-state index is 12.3. The molecule has 2 heterocycles. The van der Waals surface area contributed by atoms with Gasteiger partial charge in [0.2, 0.25) is 0 Å². The van der Waals surface area contributed by atoms with E-state index in [4.69, 9.17) is 4.74 Å². The Bertz CT molecular complexity index is 898. The Hall–Kier alpha value is -2.67. The molecule has 0 bridgehead atoms. The topological polar surface area (TPSA) is 84.1 Å². The van der Waals surface area contributed by atoms with Crippen LogP contribution in [0.5, 0.6) is 0 Å². The first kappa shape index (κ1) is 16.2. The minimum absolute atomic E-state index is 0.103. The highest BCUT2D eigenvalue weighted by molar-refractivity contribution is 7.14. The van der Waals surface area contributed by atoms with Crippen LogP contribution < -0.4 is 5.32 Å². The fourth-order valence-electron chi connectivity index (χ4n) is 2.33. The largest absolute Gasteiger partial charge is 0.466 e. The number of thiazole rings is 1. The first-order valence-corrected chi connectivity index (χ1v) is 8.44. The average Bonchev–Trinajstić information content (AvgIpc) is 3.13. The number of anilines is 1. The molecule has 0 spiro atoms. The fraction of sp³-hybridized carbons (Fsp3) is 0.235. The van der Waals surface area contributed by atoms with Gasteiger partial charge in [-0.1, -0.05) is 12.1 Å². The number of H-pyrrole nitrogens is 1. The van der Waals surface area contributed by atoms with Crippen LogP contribution >= 0.6 is 11.3 Å². The first-order valence-electron chi connectivity index (χ1n) is 7.56. The van der Waals surface area contributed by atoms with Crippen molar-refractivity contribution in [2.45, 2.75) is 20.3 Å². The number of hydrogen-bond acceptors (Lipinski definition) is 5. The number of aryl methyl sites for hydroxylation is 1. The summed E-state index contributed by atoms with van der Waals surface area (Å²) in [5.74, 6) is -0.590. The zero-order valence-corrected chi connectivity index (χ0v) is 14.2. The van der Waals surface area contributed by atoms with E-state index in [-0.39, 0.29) is 18.3 Å². The molecule has 0 aliphatic rings. The van der Waals surface area contributed by atoms with Crippen LogP contribution in [-0.2, 0) is 16.0 Å². The number of aromatic amines is 1. The Morgan fingerprint density at radius 1 is 1.33 bits per heavy atom. The standard InChI is InChI=1S/C17H17N3O3S/c1-3-23-15(21)8-12-9-24-17(18-12)20-16(22)14-7-11-5-4-10(2)6-13(11)19-14/h4-7,9,19H,3,8H2,1-2H3,(H,18,20,22). The molecule has 3 rings (SSSR count). The van der Waals surface area contributed by atoms with Gasteiger partial charge in [0, 0.05) is 16.3 Å². The molecule has 0 aliphatic carbocycles. The van der Waals surface area contributed by atoms with Crippen LogP contribution in [-0.4, -0.2) is 28.5 Å². The van der Waals surface area contributed by atoms with Crippen LogP contribution in [0.2, 0.25) is 0 Å². The highest BCUT2D eigenvalue weighted by Gasteiger charge is 2.13. The summed E-state index contributed by atoms with van der Waals surface area (Å²) in [6.45, 7) is 4.10. The van der Waals surface area contributed by atoms with Gasteiger partial charge in [0.15, 0.2) is 5.13 Å². The zero-order valence-electron chi connectivity index (χ0n) is 13.4. The summed E-state index contributed by atoms with van der Waals surface area (Å²) in [4.78, 5) is 31.1. The van der Waals surface area contributed by atoms with Gasteiger partial charge < -0.3 is 9.72 Å². The Morgan fingerprint density at radius 2 is 2.17 bits per heavy atom. The monoisotopic (exact) mass is 343 g/mol. The van der Waals surface area contributed by atoms with Gasteiger partial charge in [-0.05, 0) is 31.5 Å². The SMILES string of the molecule is CCOC(=O)Cc1csc(NC(=O)c2cc3ccc(C)cc3[nH]2)n1. The zero-order chi connectivity index (χ0) is 17.1. The molecule has 2 aromatic heterocycles. The van der Waals surface area contributed by atoms with Crippen LogP contribution in [0.25, 0.3) is 10.9 Å². The van der Waals surface area contributed by atoms with Gasteiger partial charge in [-0.25, -0.2) is 4.98 Å². The molecule has 7 heteroatoms. The third-order valence-electron chi connectivity index (χ3n) is 3.43. The number of amides is 1. The number of benzene rings is 1. The number of nitrogens with zero attached hydrogens (tertiary/aromatic N) is 1. The van der Waals surface area contributed by atoms with E-state index in [2.05, 4.69) is 15.3 Å². The van der Waals surface area contributed by atoms with Crippen molar-refractivity contribution >= 4 is 39.2 Å². The van der Waals surface area contributed by atoms with Crippen molar-refractivity contribution in [1.29, 1.82) is 0 Å². The summed E-state index contributed by atoms with van der Waals surface area (Å²) in [5, 5.41) is 5.91. The number of rotatable bonds is 5. The Morgan fingerprint density at radius 3 is 2.96 bits per heavy atom. The summed E-state index contributed by atoms with van der Waals surface area (Å²) >= 11 is 1.28. The smallest absolute Gasteiger partial charge is 0.311 e. The van der Waals surface area contributed by atoms with Crippen LogP contribution in [0, 0.1) is 6.92 Å². The Kier molecular flexibility index (Phi) is 4.61. The lowest BCUT2D eigenvalue weighted by Gasteiger charge is -1.99. The van der Waals surface area contributed by atoms with Crippen LogP contribution in [0.3, 0.4) is 0 Å². The molecule has 124 valence electrons. The van der Waals surface area contributed by atoms with Crippen molar-refractivity contribution in [1.82, 2.24) is 9.97 Å². The number of ether oxygens (including phenoxy) is 1. The number of hydrogen-bond donors (Lipinski definition) is 2. The number of aromatic nitrogens is 2. The summed E-state index contributed by atoms with van der Waals surface area (Å²) in [6.07, 6.45) is 0.103. The van der Waals surface area contributed by atoms with Crippen molar-refractivity contribution in [2.75, 3.05) is 11.9 Å². The minimum atomic E-state index is -0.327. The third-order valence-corrected chi connectivity index (χ3v) is 4.23. The molecule has 6 nitrogen and oxygen atoms in total. The average molecular weight is 343 g/mol. The maximum absolute atomic E-state index is 12.3. The lowest BCUT2D eigenvalue weighted by molar-refractivity contribution is -0.142. The first-order chi connectivity index (χ1) is 11.5. The van der Waals surface area contributed by atoms with Gasteiger partial charge in [0.1, 0.15) is 5.69 Å². The van der Waals surface area contributed by atoms with Gasteiger partial charge in [0.25, 0.3) is 5.91 Å². The molecular weight excluding hydrogens is 326 g/mol. The summed E-state index contributed by atoms with van der Waals surface area (Å²) < 4.78 is 4.88. The molecule has 0 aliphatic heterocycles. The second-order valence-electron chi connectivity index (χ2n) is 5.35. The van der Waals surface area contributed by atoms with E-state index in [0.29, 0.717) is 23.1 Å². The van der Waals surface area contributed by atoms with Crippen molar-refractivity contribution in [3.05, 3.63) is 46.6 Å².